The Labute approximate surface area is 93.1 Å². The summed E-state index contributed by atoms with van der Waals surface area (Å²) in [7, 11) is 0. The number of para-hydroxylation sites is 1. The Balaban J connectivity index is 2.15. The lowest BCUT2D eigenvalue weighted by molar-refractivity contribution is 0.102. The molecule has 0 aliphatic heterocycles. The summed E-state index contributed by atoms with van der Waals surface area (Å²) in [6.45, 7) is 0. The Kier molecular flexibility index (Phi) is 2.82. The molecule has 1 aromatic carbocycles. The maximum atomic E-state index is 11.8. The maximum Gasteiger partial charge on any atom is 0.255 e. The summed E-state index contributed by atoms with van der Waals surface area (Å²) in [5.74, 6) is 0.140. The number of pyridine rings is 1. The zero-order chi connectivity index (χ0) is 11.4. The van der Waals surface area contributed by atoms with Gasteiger partial charge < -0.3 is 11.1 Å². The minimum Gasteiger partial charge on any atom is -0.384 e. The molecule has 0 aliphatic carbocycles. The van der Waals surface area contributed by atoms with Crippen LogP contribution in [0, 0.1) is 0 Å². The quantitative estimate of drug-likeness (QED) is 0.800. The van der Waals surface area contributed by atoms with Crippen molar-refractivity contribution < 1.29 is 4.79 Å². The van der Waals surface area contributed by atoms with E-state index in [-0.39, 0.29) is 5.91 Å². The summed E-state index contributed by atoms with van der Waals surface area (Å²) >= 11 is 0. The SMILES string of the molecule is Nc1cc(C(=O)Nc2ccccc2)ccn1. The van der Waals surface area contributed by atoms with E-state index in [0.29, 0.717) is 11.4 Å². The zero-order valence-electron chi connectivity index (χ0n) is 8.55. The lowest BCUT2D eigenvalue weighted by atomic mass is 10.2. The summed E-state index contributed by atoms with van der Waals surface area (Å²) in [6.07, 6.45) is 1.51. The summed E-state index contributed by atoms with van der Waals surface area (Å²) in [6, 6.07) is 12.4. The van der Waals surface area contributed by atoms with Crippen LogP contribution in [0.25, 0.3) is 0 Å². The van der Waals surface area contributed by atoms with Crippen LogP contribution in [0.3, 0.4) is 0 Å². The van der Waals surface area contributed by atoms with Crippen LogP contribution in [0.15, 0.2) is 48.7 Å². The molecule has 0 radical (unpaired) electrons. The van der Waals surface area contributed by atoms with E-state index >= 15 is 0 Å². The van der Waals surface area contributed by atoms with E-state index in [0.717, 1.165) is 5.69 Å². The van der Waals surface area contributed by atoms with Gasteiger partial charge >= 0.3 is 0 Å². The summed E-state index contributed by atoms with van der Waals surface area (Å²) in [5.41, 5.74) is 6.75. The van der Waals surface area contributed by atoms with Gasteiger partial charge in [0.25, 0.3) is 5.91 Å². The second kappa shape index (κ2) is 4.44. The van der Waals surface area contributed by atoms with Gasteiger partial charge in [-0.15, -0.1) is 0 Å². The fraction of sp³-hybridized carbons (Fsp3) is 0. The van der Waals surface area contributed by atoms with Gasteiger partial charge in [0.05, 0.1) is 0 Å². The van der Waals surface area contributed by atoms with Crippen LogP contribution in [0.4, 0.5) is 11.5 Å². The number of carbonyl (C=O) groups excluding carboxylic acids is 1. The second-order valence-electron chi connectivity index (χ2n) is 3.29. The molecule has 0 fully saturated rings. The third kappa shape index (κ3) is 2.36. The largest absolute Gasteiger partial charge is 0.384 e. The predicted molar refractivity (Wildman–Crippen MR) is 63.0 cm³/mol. The van der Waals surface area contributed by atoms with Gasteiger partial charge in [0.1, 0.15) is 5.82 Å². The third-order valence-electron chi connectivity index (χ3n) is 2.07. The lowest BCUT2D eigenvalue weighted by Gasteiger charge is -2.04. The van der Waals surface area contributed by atoms with Crippen molar-refractivity contribution in [2.24, 2.45) is 0 Å². The van der Waals surface area contributed by atoms with Crippen molar-refractivity contribution in [3.63, 3.8) is 0 Å². The van der Waals surface area contributed by atoms with Crippen LogP contribution in [0.1, 0.15) is 10.4 Å². The Hall–Kier alpha value is -2.36. The fourth-order valence-electron chi connectivity index (χ4n) is 1.31. The molecule has 0 spiro atoms. The van der Waals surface area contributed by atoms with E-state index in [1.54, 1.807) is 6.07 Å². The molecule has 4 heteroatoms. The van der Waals surface area contributed by atoms with Crippen molar-refractivity contribution in [3.05, 3.63) is 54.2 Å². The monoisotopic (exact) mass is 213 g/mol. The van der Waals surface area contributed by atoms with Crippen LogP contribution in [-0.2, 0) is 0 Å². The number of rotatable bonds is 2. The van der Waals surface area contributed by atoms with Gasteiger partial charge in [0, 0.05) is 17.4 Å². The van der Waals surface area contributed by atoms with Crippen LogP contribution in [0.2, 0.25) is 0 Å². The van der Waals surface area contributed by atoms with Gasteiger partial charge in [-0.05, 0) is 24.3 Å². The highest BCUT2D eigenvalue weighted by atomic mass is 16.1. The van der Waals surface area contributed by atoms with Crippen molar-refractivity contribution in [3.8, 4) is 0 Å². The molecule has 2 rings (SSSR count). The minimum absolute atomic E-state index is 0.194. The molecule has 3 N–H and O–H groups in total. The number of hydrogen-bond acceptors (Lipinski definition) is 3. The normalized spacial score (nSPS) is 9.75. The highest BCUT2D eigenvalue weighted by molar-refractivity contribution is 6.04. The Bertz CT molecular complexity index is 497. The topological polar surface area (TPSA) is 68.0 Å². The minimum atomic E-state index is -0.194. The number of nitrogens with one attached hydrogen (secondary N) is 1. The average Bonchev–Trinajstić information content (AvgIpc) is 2.30. The molecule has 0 bridgehead atoms. The molecule has 0 unspecified atom stereocenters. The molecule has 80 valence electrons. The number of amides is 1. The van der Waals surface area contributed by atoms with Crippen LogP contribution >= 0.6 is 0 Å². The third-order valence-corrected chi connectivity index (χ3v) is 2.07. The lowest BCUT2D eigenvalue weighted by Crippen LogP contribution is -2.12. The molecule has 1 amide bonds. The van der Waals surface area contributed by atoms with E-state index in [2.05, 4.69) is 10.3 Å². The fourth-order valence-corrected chi connectivity index (χ4v) is 1.31. The van der Waals surface area contributed by atoms with Gasteiger partial charge in [-0.25, -0.2) is 4.98 Å². The van der Waals surface area contributed by atoms with E-state index in [1.807, 2.05) is 30.3 Å². The number of nitrogens with zero attached hydrogens (tertiary/aromatic N) is 1. The van der Waals surface area contributed by atoms with Crippen LogP contribution in [-0.4, -0.2) is 10.9 Å². The number of nitrogen functional groups attached to an aromatic ring is 1. The molecule has 1 heterocycles. The number of carbonyl (C=O) groups is 1. The van der Waals surface area contributed by atoms with Gasteiger partial charge in [-0.3, -0.25) is 4.79 Å². The van der Waals surface area contributed by atoms with E-state index < -0.39 is 0 Å². The number of aromatic nitrogens is 1. The number of nitrogens with two attached hydrogens (primary N) is 1. The van der Waals surface area contributed by atoms with Crippen molar-refractivity contribution in [1.29, 1.82) is 0 Å². The zero-order valence-corrected chi connectivity index (χ0v) is 8.55. The molecule has 0 atom stereocenters. The molecule has 0 saturated carbocycles. The van der Waals surface area contributed by atoms with E-state index in [1.165, 1.54) is 12.3 Å². The highest BCUT2D eigenvalue weighted by Gasteiger charge is 2.05. The standard InChI is InChI=1S/C12H11N3O/c13-11-8-9(6-7-14-11)12(16)15-10-4-2-1-3-5-10/h1-8H,(H2,13,14)(H,15,16). The van der Waals surface area contributed by atoms with Crippen LogP contribution < -0.4 is 11.1 Å². The second-order valence-corrected chi connectivity index (χ2v) is 3.29. The van der Waals surface area contributed by atoms with E-state index in [4.69, 9.17) is 5.73 Å². The average molecular weight is 213 g/mol. The van der Waals surface area contributed by atoms with Gasteiger partial charge in [-0.2, -0.15) is 0 Å². The maximum absolute atomic E-state index is 11.8. The predicted octanol–water partition coefficient (Wildman–Crippen LogP) is 1.92. The summed E-state index contributed by atoms with van der Waals surface area (Å²) in [5, 5.41) is 2.76. The van der Waals surface area contributed by atoms with Gasteiger partial charge in [0.15, 0.2) is 0 Å². The van der Waals surface area contributed by atoms with Crippen molar-refractivity contribution in [1.82, 2.24) is 4.98 Å². The Morgan fingerprint density at radius 1 is 1.19 bits per heavy atom. The summed E-state index contributed by atoms with van der Waals surface area (Å²) < 4.78 is 0. The smallest absolute Gasteiger partial charge is 0.255 e. The first-order valence-electron chi connectivity index (χ1n) is 4.83. The van der Waals surface area contributed by atoms with Crippen LogP contribution in [0.5, 0.6) is 0 Å². The summed E-state index contributed by atoms with van der Waals surface area (Å²) in [4.78, 5) is 15.6. The van der Waals surface area contributed by atoms with E-state index in [9.17, 15) is 4.79 Å². The van der Waals surface area contributed by atoms with Crippen molar-refractivity contribution in [2.75, 3.05) is 11.1 Å². The highest BCUT2D eigenvalue weighted by Crippen LogP contribution is 2.09. The number of anilines is 2. The molecule has 4 nitrogen and oxygen atoms in total. The molecular weight excluding hydrogens is 202 g/mol. The number of benzene rings is 1. The molecule has 1 aromatic heterocycles. The first-order valence-corrected chi connectivity index (χ1v) is 4.83. The Morgan fingerprint density at radius 2 is 1.94 bits per heavy atom. The van der Waals surface area contributed by atoms with Crippen molar-refractivity contribution in [2.45, 2.75) is 0 Å². The molecule has 0 saturated heterocycles. The first kappa shape index (κ1) is 10.2. The van der Waals surface area contributed by atoms with Gasteiger partial charge in [0.2, 0.25) is 0 Å². The molecule has 16 heavy (non-hydrogen) atoms. The first-order chi connectivity index (χ1) is 7.75. The molecular formula is C12H11N3O. The number of hydrogen-bond donors (Lipinski definition) is 2. The Morgan fingerprint density at radius 3 is 2.62 bits per heavy atom. The molecule has 2 aromatic rings. The van der Waals surface area contributed by atoms with Crippen molar-refractivity contribution >= 4 is 17.4 Å². The van der Waals surface area contributed by atoms with Gasteiger partial charge in [-0.1, -0.05) is 18.2 Å². The molecule has 0 aliphatic rings.